The van der Waals surface area contributed by atoms with Gasteiger partial charge in [-0.15, -0.1) is 23.7 Å². The molecule has 0 amide bonds. The Morgan fingerprint density at radius 1 is 1.00 bits per heavy atom. The predicted molar refractivity (Wildman–Crippen MR) is 94.0 cm³/mol. The molecule has 0 saturated carbocycles. The topological polar surface area (TPSA) is 72.2 Å². The number of hydrogen-bond donors (Lipinski definition) is 2. The molecule has 0 atom stereocenters. The average molecular weight is 355 g/mol. The largest absolute Gasteiger partial charge is 0.398 e. The Morgan fingerprint density at radius 2 is 1.73 bits per heavy atom. The maximum absolute atomic E-state index is 12.5. The first-order valence-electron chi connectivity index (χ1n) is 6.37. The van der Waals surface area contributed by atoms with Gasteiger partial charge >= 0.3 is 0 Å². The Labute approximate surface area is 139 Å². The second-order valence-electron chi connectivity index (χ2n) is 4.60. The average Bonchev–Trinajstić information content (AvgIpc) is 2.98. The molecule has 0 saturated heterocycles. The van der Waals surface area contributed by atoms with Crippen molar-refractivity contribution in [2.75, 3.05) is 5.73 Å². The highest BCUT2D eigenvalue weighted by Gasteiger charge is 2.17. The zero-order valence-corrected chi connectivity index (χ0v) is 14.0. The standard InChI is InChI=1S/C15H14N2O2S2.ClH/c16-14-7-1-6-13-12(14)5-2-8-15(13)21(18,19)17-10-11-4-3-9-20-11;/h1-9,17H,10,16H2;1H. The van der Waals surface area contributed by atoms with Gasteiger partial charge in [-0.25, -0.2) is 13.1 Å². The van der Waals surface area contributed by atoms with Crippen LogP contribution in [-0.2, 0) is 16.6 Å². The van der Waals surface area contributed by atoms with Gasteiger partial charge < -0.3 is 5.73 Å². The SMILES string of the molecule is Cl.Nc1cccc2c(S(=O)(=O)NCc3cccs3)cccc12. The van der Waals surface area contributed by atoms with Crippen LogP contribution in [-0.4, -0.2) is 8.42 Å². The summed E-state index contributed by atoms with van der Waals surface area (Å²) in [7, 11) is -3.58. The Bertz CT molecular complexity index is 878. The number of nitrogens with two attached hydrogens (primary N) is 1. The molecule has 0 aliphatic heterocycles. The predicted octanol–water partition coefficient (Wildman–Crippen LogP) is 3.38. The summed E-state index contributed by atoms with van der Waals surface area (Å²) in [5.74, 6) is 0. The molecule has 1 aromatic heterocycles. The number of benzene rings is 2. The molecule has 116 valence electrons. The maximum atomic E-state index is 12.5. The molecule has 2 aromatic carbocycles. The molecular formula is C15H15ClN2O2S2. The molecule has 3 N–H and O–H groups in total. The first-order chi connectivity index (χ1) is 10.1. The van der Waals surface area contributed by atoms with Crippen LogP contribution in [0.4, 0.5) is 5.69 Å². The van der Waals surface area contributed by atoms with Crippen molar-refractivity contribution in [3.05, 3.63) is 58.8 Å². The van der Waals surface area contributed by atoms with Crippen LogP contribution in [0.25, 0.3) is 10.8 Å². The second-order valence-corrected chi connectivity index (χ2v) is 7.37. The maximum Gasteiger partial charge on any atom is 0.241 e. The third kappa shape index (κ3) is 3.25. The smallest absolute Gasteiger partial charge is 0.241 e. The number of nitrogen functional groups attached to an aromatic ring is 1. The van der Waals surface area contributed by atoms with E-state index in [1.54, 1.807) is 30.3 Å². The third-order valence-corrected chi connectivity index (χ3v) is 5.56. The molecule has 3 rings (SSSR count). The quantitative estimate of drug-likeness (QED) is 0.705. The van der Waals surface area contributed by atoms with Crippen LogP contribution in [0.15, 0.2) is 58.8 Å². The lowest BCUT2D eigenvalue weighted by Crippen LogP contribution is -2.23. The van der Waals surface area contributed by atoms with E-state index in [1.807, 2.05) is 23.6 Å². The summed E-state index contributed by atoms with van der Waals surface area (Å²) in [4.78, 5) is 1.22. The lowest BCUT2D eigenvalue weighted by Gasteiger charge is -2.10. The molecule has 1 heterocycles. The second kappa shape index (κ2) is 6.66. The minimum atomic E-state index is -3.58. The highest BCUT2D eigenvalue weighted by atomic mass is 35.5. The van der Waals surface area contributed by atoms with Crippen LogP contribution < -0.4 is 10.5 Å². The Hall–Kier alpha value is -1.60. The monoisotopic (exact) mass is 354 g/mol. The van der Waals surface area contributed by atoms with Crippen molar-refractivity contribution in [1.82, 2.24) is 4.72 Å². The lowest BCUT2D eigenvalue weighted by atomic mass is 10.1. The molecular weight excluding hydrogens is 340 g/mol. The molecule has 0 aliphatic rings. The van der Waals surface area contributed by atoms with Gasteiger partial charge in [0.2, 0.25) is 10.0 Å². The van der Waals surface area contributed by atoms with Crippen LogP contribution in [0.2, 0.25) is 0 Å². The van der Waals surface area contributed by atoms with Crippen molar-refractivity contribution in [2.24, 2.45) is 0 Å². The number of anilines is 1. The number of sulfonamides is 1. The molecule has 0 spiro atoms. The van der Waals surface area contributed by atoms with E-state index >= 15 is 0 Å². The van der Waals surface area contributed by atoms with Gasteiger partial charge in [0.05, 0.1) is 4.90 Å². The summed E-state index contributed by atoms with van der Waals surface area (Å²) in [5.41, 5.74) is 6.48. The van der Waals surface area contributed by atoms with E-state index < -0.39 is 10.0 Å². The Balaban J connectivity index is 0.00000176. The fourth-order valence-electron chi connectivity index (χ4n) is 2.20. The van der Waals surface area contributed by atoms with Crippen molar-refractivity contribution in [1.29, 1.82) is 0 Å². The van der Waals surface area contributed by atoms with Gasteiger partial charge in [0.15, 0.2) is 0 Å². The molecule has 0 fully saturated rings. The Morgan fingerprint density at radius 3 is 2.45 bits per heavy atom. The molecule has 22 heavy (non-hydrogen) atoms. The number of nitrogens with one attached hydrogen (secondary N) is 1. The van der Waals surface area contributed by atoms with E-state index in [1.165, 1.54) is 11.3 Å². The van der Waals surface area contributed by atoms with Crippen LogP contribution in [0.5, 0.6) is 0 Å². The first-order valence-corrected chi connectivity index (χ1v) is 8.73. The van der Waals surface area contributed by atoms with Crippen molar-refractivity contribution in [3.63, 3.8) is 0 Å². The van der Waals surface area contributed by atoms with E-state index in [2.05, 4.69) is 4.72 Å². The van der Waals surface area contributed by atoms with Crippen molar-refractivity contribution in [3.8, 4) is 0 Å². The van der Waals surface area contributed by atoms with Gasteiger partial charge in [0, 0.05) is 27.9 Å². The summed E-state index contributed by atoms with van der Waals surface area (Å²) in [6.45, 7) is 0.290. The molecule has 0 bridgehead atoms. The number of halogens is 1. The first kappa shape index (κ1) is 16.8. The number of fused-ring (bicyclic) bond motifs is 1. The summed E-state index contributed by atoms with van der Waals surface area (Å²) < 4.78 is 27.6. The van der Waals surface area contributed by atoms with Gasteiger partial charge in [0.25, 0.3) is 0 Å². The Kier molecular flexibility index (Phi) is 5.08. The van der Waals surface area contributed by atoms with Gasteiger partial charge in [-0.2, -0.15) is 0 Å². The highest BCUT2D eigenvalue weighted by molar-refractivity contribution is 7.89. The van der Waals surface area contributed by atoms with Gasteiger partial charge in [0.1, 0.15) is 0 Å². The van der Waals surface area contributed by atoms with Gasteiger partial charge in [-0.1, -0.05) is 30.3 Å². The van der Waals surface area contributed by atoms with Crippen molar-refractivity contribution in [2.45, 2.75) is 11.4 Å². The van der Waals surface area contributed by atoms with Crippen LogP contribution in [0, 0.1) is 0 Å². The van der Waals surface area contributed by atoms with E-state index in [4.69, 9.17) is 5.73 Å². The zero-order valence-electron chi connectivity index (χ0n) is 11.5. The number of hydrogen-bond acceptors (Lipinski definition) is 4. The minimum absolute atomic E-state index is 0. The summed E-state index contributed by atoms with van der Waals surface area (Å²) >= 11 is 1.52. The van der Waals surface area contributed by atoms with E-state index in [9.17, 15) is 8.42 Å². The van der Waals surface area contributed by atoms with Crippen LogP contribution in [0.3, 0.4) is 0 Å². The normalized spacial score (nSPS) is 11.3. The minimum Gasteiger partial charge on any atom is -0.398 e. The molecule has 3 aromatic rings. The van der Waals surface area contributed by atoms with Gasteiger partial charge in [-0.05, 0) is 23.6 Å². The molecule has 7 heteroatoms. The zero-order chi connectivity index (χ0) is 14.9. The lowest BCUT2D eigenvalue weighted by molar-refractivity contribution is 0.583. The molecule has 0 unspecified atom stereocenters. The fourth-order valence-corrected chi connectivity index (χ4v) is 4.16. The molecule has 4 nitrogen and oxygen atoms in total. The summed E-state index contributed by atoms with van der Waals surface area (Å²) in [5, 5.41) is 3.30. The van der Waals surface area contributed by atoms with Crippen molar-refractivity contribution < 1.29 is 8.42 Å². The van der Waals surface area contributed by atoms with E-state index in [0.717, 1.165) is 10.3 Å². The third-order valence-electron chi connectivity index (χ3n) is 3.22. The van der Waals surface area contributed by atoms with Crippen LogP contribution >= 0.6 is 23.7 Å². The van der Waals surface area contributed by atoms with E-state index in [-0.39, 0.29) is 17.3 Å². The molecule has 0 aliphatic carbocycles. The summed E-state index contributed by atoms with van der Waals surface area (Å²) in [6, 6.07) is 14.2. The highest BCUT2D eigenvalue weighted by Crippen LogP contribution is 2.27. The van der Waals surface area contributed by atoms with Crippen molar-refractivity contribution >= 4 is 50.2 Å². The summed E-state index contributed by atoms with van der Waals surface area (Å²) in [6.07, 6.45) is 0. The number of thiophene rings is 1. The number of rotatable bonds is 4. The molecule has 0 radical (unpaired) electrons. The van der Waals surface area contributed by atoms with Gasteiger partial charge in [-0.3, -0.25) is 0 Å². The van der Waals surface area contributed by atoms with E-state index in [0.29, 0.717) is 17.6 Å². The van der Waals surface area contributed by atoms with Crippen LogP contribution in [0.1, 0.15) is 4.88 Å². The fraction of sp³-hybridized carbons (Fsp3) is 0.0667.